The Morgan fingerprint density at radius 1 is 1.64 bits per heavy atom. The summed E-state index contributed by atoms with van der Waals surface area (Å²) in [6, 6.07) is 5.99. The minimum Gasteiger partial charge on any atom is -0.465 e. The van der Waals surface area contributed by atoms with Crippen LogP contribution in [0.5, 0.6) is 0 Å². The lowest BCUT2D eigenvalue weighted by atomic mass is 10.2. The Kier molecular flexibility index (Phi) is 3.41. The van der Waals surface area contributed by atoms with E-state index in [9.17, 15) is 9.28 Å². The fourth-order valence-corrected chi connectivity index (χ4v) is 1.01. The Hall–Kier alpha value is -1.62. The molecule has 0 aromatic heterocycles. The third kappa shape index (κ3) is 2.20. The summed E-state index contributed by atoms with van der Waals surface area (Å²) in [5, 5.41) is 0.340. The fourth-order valence-electron chi connectivity index (χ4n) is 1.01. The Balaban J connectivity index is 2.95. The van der Waals surface area contributed by atoms with Gasteiger partial charge in [-0.05, 0) is 18.2 Å². The fraction of sp³-hybridized carbons (Fsp3) is 0.222. The predicted molar refractivity (Wildman–Crippen MR) is 50.4 cm³/mol. The number of nitrogens with zero attached hydrogens (tertiary/aromatic N) is 1. The number of carbonyl (C=O) groups is 1. The molecule has 14 heavy (non-hydrogen) atoms. The van der Waals surface area contributed by atoms with E-state index in [4.69, 9.17) is 5.73 Å². The molecular weight excluding hydrogens is 187 g/mol. The standard InChI is InChI=1S/C9H11FN2O2/c1-14-9(13)7-3-2-4-8(5-7)12(10)6-11/h2-5H,6,11H2,1H3. The van der Waals surface area contributed by atoms with Gasteiger partial charge >= 0.3 is 5.97 Å². The average Bonchev–Trinajstić information content (AvgIpc) is 2.27. The minimum atomic E-state index is -0.503. The second-order valence-electron chi connectivity index (χ2n) is 2.59. The number of ether oxygens (including phenoxy) is 1. The van der Waals surface area contributed by atoms with Gasteiger partial charge in [0.15, 0.2) is 0 Å². The second-order valence-corrected chi connectivity index (χ2v) is 2.59. The van der Waals surface area contributed by atoms with E-state index >= 15 is 0 Å². The number of anilines is 1. The van der Waals surface area contributed by atoms with Crippen LogP contribution in [0.3, 0.4) is 0 Å². The maximum atomic E-state index is 13.0. The molecule has 0 heterocycles. The second kappa shape index (κ2) is 4.57. The van der Waals surface area contributed by atoms with Gasteiger partial charge in [-0.15, -0.1) is 0 Å². The maximum Gasteiger partial charge on any atom is 0.337 e. The highest BCUT2D eigenvalue weighted by atomic mass is 19.2. The first-order chi connectivity index (χ1) is 6.69. The molecule has 0 saturated heterocycles. The molecule has 1 rings (SSSR count). The van der Waals surface area contributed by atoms with Crippen LogP contribution in [0.2, 0.25) is 0 Å². The van der Waals surface area contributed by atoms with Crippen molar-refractivity contribution >= 4 is 11.7 Å². The van der Waals surface area contributed by atoms with Crippen LogP contribution in [0, 0.1) is 0 Å². The smallest absolute Gasteiger partial charge is 0.337 e. The molecule has 0 bridgehead atoms. The lowest BCUT2D eigenvalue weighted by Crippen LogP contribution is -2.21. The summed E-state index contributed by atoms with van der Waals surface area (Å²) < 4.78 is 17.5. The molecule has 5 heteroatoms. The van der Waals surface area contributed by atoms with Gasteiger partial charge in [-0.3, -0.25) is 0 Å². The number of hydrogen-bond acceptors (Lipinski definition) is 4. The van der Waals surface area contributed by atoms with Crippen molar-refractivity contribution in [1.29, 1.82) is 0 Å². The summed E-state index contributed by atoms with van der Waals surface area (Å²) in [4.78, 5) is 11.1. The molecule has 0 saturated carbocycles. The van der Waals surface area contributed by atoms with Crippen LogP contribution < -0.4 is 10.9 Å². The minimum absolute atomic E-state index is 0.232. The molecule has 0 aliphatic rings. The van der Waals surface area contributed by atoms with Gasteiger partial charge in [0.2, 0.25) is 0 Å². The van der Waals surface area contributed by atoms with Gasteiger partial charge in [0.25, 0.3) is 0 Å². The van der Waals surface area contributed by atoms with Crippen LogP contribution in [-0.4, -0.2) is 19.7 Å². The Morgan fingerprint density at radius 2 is 2.36 bits per heavy atom. The monoisotopic (exact) mass is 198 g/mol. The summed E-state index contributed by atoms with van der Waals surface area (Å²) in [5.41, 5.74) is 5.62. The third-order valence-corrected chi connectivity index (χ3v) is 1.71. The van der Waals surface area contributed by atoms with Crippen molar-refractivity contribution in [1.82, 2.24) is 0 Å². The molecule has 1 aromatic rings. The largest absolute Gasteiger partial charge is 0.465 e. The molecule has 0 spiro atoms. The van der Waals surface area contributed by atoms with E-state index in [-0.39, 0.29) is 12.4 Å². The first-order valence-corrected chi connectivity index (χ1v) is 4.00. The SMILES string of the molecule is COC(=O)c1cccc(N(F)CN)c1. The van der Waals surface area contributed by atoms with E-state index in [1.807, 2.05) is 0 Å². The molecular formula is C9H11FN2O2. The molecule has 76 valence electrons. The lowest BCUT2D eigenvalue weighted by Gasteiger charge is -2.11. The first kappa shape index (κ1) is 10.5. The van der Waals surface area contributed by atoms with Crippen molar-refractivity contribution in [3.8, 4) is 0 Å². The van der Waals surface area contributed by atoms with E-state index < -0.39 is 5.97 Å². The van der Waals surface area contributed by atoms with Gasteiger partial charge in [0.1, 0.15) is 0 Å². The zero-order chi connectivity index (χ0) is 10.6. The quantitative estimate of drug-likeness (QED) is 0.448. The van der Waals surface area contributed by atoms with E-state index in [2.05, 4.69) is 4.74 Å². The molecule has 0 aliphatic carbocycles. The summed E-state index contributed by atoms with van der Waals surface area (Å²) >= 11 is 0. The molecule has 0 aliphatic heterocycles. The van der Waals surface area contributed by atoms with Crippen LogP contribution >= 0.6 is 0 Å². The summed E-state index contributed by atoms with van der Waals surface area (Å²) in [6.07, 6.45) is 0. The van der Waals surface area contributed by atoms with Crippen LogP contribution in [0.25, 0.3) is 0 Å². The van der Waals surface area contributed by atoms with Gasteiger partial charge in [0, 0.05) is 0 Å². The van der Waals surface area contributed by atoms with Crippen molar-refractivity contribution < 1.29 is 14.0 Å². The lowest BCUT2D eigenvalue weighted by molar-refractivity contribution is 0.0601. The number of methoxy groups -OCH3 is 1. The van der Waals surface area contributed by atoms with E-state index in [1.54, 1.807) is 12.1 Å². The highest BCUT2D eigenvalue weighted by molar-refractivity contribution is 5.90. The zero-order valence-corrected chi connectivity index (χ0v) is 7.74. The van der Waals surface area contributed by atoms with Crippen molar-refractivity contribution in [3.05, 3.63) is 29.8 Å². The Bertz CT molecular complexity index is 330. The summed E-state index contributed by atoms with van der Waals surface area (Å²) in [5.74, 6) is -0.503. The van der Waals surface area contributed by atoms with E-state index in [0.717, 1.165) is 0 Å². The molecule has 0 amide bonds. The average molecular weight is 198 g/mol. The Morgan fingerprint density at radius 3 is 2.93 bits per heavy atom. The van der Waals surface area contributed by atoms with Gasteiger partial charge in [0.05, 0.1) is 25.0 Å². The highest BCUT2D eigenvalue weighted by Gasteiger charge is 2.08. The first-order valence-electron chi connectivity index (χ1n) is 4.00. The van der Waals surface area contributed by atoms with Crippen LogP contribution in [-0.2, 0) is 4.74 Å². The van der Waals surface area contributed by atoms with Gasteiger partial charge in [-0.1, -0.05) is 10.5 Å². The molecule has 4 nitrogen and oxygen atoms in total. The van der Waals surface area contributed by atoms with Crippen LogP contribution in [0.4, 0.5) is 10.2 Å². The van der Waals surface area contributed by atoms with Gasteiger partial charge in [-0.25, -0.2) is 4.79 Å². The zero-order valence-electron chi connectivity index (χ0n) is 7.74. The number of rotatable bonds is 3. The van der Waals surface area contributed by atoms with Gasteiger partial charge in [-0.2, -0.15) is 5.12 Å². The number of halogens is 1. The van der Waals surface area contributed by atoms with Crippen molar-refractivity contribution in [2.75, 3.05) is 18.9 Å². The topological polar surface area (TPSA) is 55.6 Å². The number of benzene rings is 1. The normalized spacial score (nSPS) is 9.64. The predicted octanol–water partition coefficient (Wildman–Crippen LogP) is 1.08. The maximum absolute atomic E-state index is 13.0. The molecule has 2 N–H and O–H groups in total. The molecule has 0 radical (unpaired) electrons. The van der Waals surface area contributed by atoms with Crippen molar-refractivity contribution in [3.63, 3.8) is 0 Å². The molecule has 1 aromatic carbocycles. The van der Waals surface area contributed by atoms with Crippen molar-refractivity contribution in [2.45, 2.75) is 0 Å². The molecule has 0 unspecified atom stereocenters. The van der Waals surface area contributed by atoms with Gasteiger partial charge < -0.3 is 10.5 Å². The van der Waals surface area contributed by atoms with E-state index in [1.165, 1.54) is 19.2 Å². The summed E-state index contributed by atoms with van der Waals surface area (Å²) in [7, 11) is 1.27. The van der Waals surface area contributed by atoms with E-state index in [0.29, 0.717) is 10.7 Å². The van der Waals surface area contributed by atoms with Crippen LogP contribution in [0.1, 0.15) is 10.4 Å². The molecule has 0 fully saturated rings. The number of nitrogens with two attached hydrogens (primary N) is 1. The number of esters is 1. The van der Waals surface area contributed by atoms with Crippen LogP contribution in [0.15, 0.2) is 24.3 Å². The Labute approximate surface area is 81.0 Å². The molecule has 0 atom stereocenters. The third-order valence-electron chi connectivity index (χ3n) is 1.71. The summed E-state index contributed by atoms with van der Waals surface area (Å²) in [6.45, 7) is -0.259. The number of hydrogen-bond donors (Lipinski definition) is 1. The number of carbonyl (C=O) groups excluding carboxylic acids is 1. The highest BCUT2D eigenvalue weighted by Crippen LogP contribution is 2.16. The van der Waals surface area contributed by atoms with Crippen molar-refractivity contribution in [2.24, 2.45) is 5.73 Å².